The van der Waals surface area contributed by atoms with Gasteiger partial charge in [-0.25, -0.2) is 0 Å². The van der Waals surface area contributed by atoms with Crippen molar-refractivity contribution in [2.24, 2.45) is 5.41 Å². The smallest absolute Gasteiger partial charge is 0.168 e. The van der Waals surface area contributed by atoms with Gasteiger partial charge in [0.25, 0.3) is 0 Å². The second kappa shape index (κ2) is 4.87. The lowest BCUT2D eigenvalue weighted by Gasteiger charge is -2.28. The number of hydrogen-bond donors (Lipinski definition) is 0. The van der Waals surface area contributed by atoms with E-state index in [4.69, 9.17) is 0 Å². The second-order valence-corrected chi connectivity index (χ2v) is 7.10. The maximum atomic E-state index is 12.4. The molecule has 0 spiro atoms. The molecule has 1 aliphatic rings. The van der Waals surface area contributed by atoms with E-state index in [2.05, 4.69) is 36.2 Å². The third-order valence-electron chi connectivity index (χ3n) is 4.38. The van der Waals surface area contributed by atoms with E-state index in [-0.39, 0.29) is 11.2 Å². The summed E-state index contributed by atoms with van der Waals surface area (Å²) < 4.78 is 0. The number of anilines is 1. The van der Waals surface area contributed by atoms with E-state index >= 15 is 0 Å². The highest BCUT2D eigenvalue weighted by Crippen LogP contribution is 2.34. The van der Waals surface area contributed by atoms with Crippen LogP contribution in [0.3, 0.4) is 0 Å². The standard InChI is InChI=1S/C19H23NO/c1-19(2,3)18(21)14-7-9-15-13(12-14)8-10-17-16(15)6-5-11-20(17)4/h7-10,12H,5-6,11H2,1-4H3. The predicted octanol–water partition coefficient (Wildman–Crippen LogP) is 4.45. The Morgan fingerprint density at radius 3 is 2.62 bits per heavy atom. The van der Waals surface area contributed by atoms with E-state index in [9.17, 15) is 4.79 Å². The zero-order chi connectivity index (χ0) is 15.2. The fourth-order valence-corrected chi connectivity index (χ4v) is 3.19. The first-order valence-corrected chi connectivity index (χ1v) is 7.69. The summed E-state index contributed by atoms with van der Waals surface area (Å²) in [6.07, 6.45) is 2.33. The van der Waals surface area contributed by atoms with Crippen LogP contribution in [0, 0.1) is 5.41 Å². The molecule has 2 aromatic carbocycles. The Labute approximate surface area is 126 Å². The number of fused-ring (bicyclic) bond motifs is 3. The SMILES string of the molecule is CN1CCCc2c1ccc1cc(C(=O)C(C)(C)C)ccc21. The molecule has 0 fully saturated rings. The molecule has 0 radical (unpaired) electrons. The minimum Gasteiger partial charge on any atom is -0.374 e. The lowest BCUT2D eigenvalue weighted by atomic mass is 9.85. The summed E-state index contributed by atoms with van der Waals surface area (Å²) in [7, 11) is 2.15. The van der Waals surface area contributed by atoms with E-state index in [1.165, 1.54) is 28.4 Å². The van der Waals surface area contributed by atoms with Gasteiger partial charge in [0, 0.05) is 30.3 Å². The first-order valence-electron chi connectivity index (χ1n) is 7.69. The zero-order valence-corrected chi connectivity index (χ0v) is 13.4. The number of carbonyl (C=O) groups excluding carboxylic acids is 1. The minimum atomic E-state index is -0.331. The van der Waals surface area contributed by atoms with Gasteiger partial charge in [0.05, 0.1) is 0 Å². The third kappa shape index (κ3) is 2.44. The number of Topliss-reactive ketones (excluding diaryl/α,β-unsaturated/α-hetero) is 1. The van der Waals surface area contributed by atoms with Crippen LogP contribution in [-0.2, 0) is 6.42 Å². The molecule has 110 valence electrons. The minimum absolute atomic E-state index is 0.208. The van der Waals surface area contributed by atoms with Crippen LogP contribution >= 0.6 is 0 Å². The molecule has 0 bridgehead atoms. The highest BCUT2D eigenvalue weighted by molar-refractivity contribution is 6.03. The van der Waals surface area contributed by atoms with Crippen LogP contribution in [0.1, 0.15) is 43.1 Å². The van der Waals surface area contributed by atoms with E-state index in [0.29, 0.717) is 0 Å². The van der Waals surface area contributed by atoms with Gasteiger partial charge in [-0.1, -0.05) is 39.0 Å². The summed E-state index contributed by atoms with van der Waals surface area (Å²) >= 11 is 0. The van der Waals surface area contributed by atoms with Crippen LogP contribution in [0.2, 0.25) is 0 Å². The van der Waals surface area contributed by atoms with E-state index in [0.717, 1.165) is 18.5 Å². The van der Waals surface area contributed by atoms with Gasteiger partial charge in [0.1, 0.15) is 0 Å². The van der Waals surface area contributed by atoms with Crippen molar-refractivity contribution in [2.75, 3.05) is 18.5 Å². The maximum absolute atomic E-state index is 12.4. The molecule has 1 aliphatic heterocycles. The summed E-state index contributed by atoms with van der Waals surface area (Å²) in [4.78, 5) is 14.8. The highest BCUT2D eigenvalue weighted by atomic mass is 16.1. The van der Waals surface area contributed by atoms with Crippen LogP contribution in [0.25, 0.3) is 10.8 Å². The van der Waals surface area contributed by atoms with Crippen LogP contribution in [0.4, 0.5) is 5.69 Å². The normalized spacial score (nSPS) is 15.1. The van der Waals surface area contributed by atoms with Gasteiger partial charge in [0.2, 0.25) is 0 Å². The van der Waals surface area contributed by atoms with Crippen LogP contribution in [0.15, 0.2) is 30.3 Å². The molecule has 2 heteroatoms. The van der Waals surface area contributed by atoms with Crippen molar-refractivity contribution in [3.05, 3.63) is 41.5 Å². The van der Waals surface area contributed by atoms with Crippen molar-refractivity contribution in [1.82, 2.24) is 0 Å². The Morgan fingerprint density at radius 1 is 1.14 bits per heavy atom. The highest BCUT2D eigenvalue weighted by Gasteiger charge is 2.23. The molecule has 1 heterocycles. The van der Waals surface area contributed by atoms with Crippen LogP contribution < -0.4 is 4.90 Å². The van der Waals surface area contributed by atoms with Crippen molar-refractivity contribution >= 4 is 22.2 Å². The Balaban J connectivity index is 2.13. The quantitative estimate of drug-likeness (QED) is 0.720. The molecular formula is C19H23NO. The zero-order valence-electron chi connectivity index (χ0n) is 13.4. The van der Waals surface area contributed by atoms with Crippen molar-refractivity contribution in [3.63, 3.8) is 0 Å². The average molecular weight is 281 g/mol. The number of hydrogen-bond acceptors (Lipinski definition) is 2. The molecule has 0 amide bonds. The van der Waals surface area contributed by atoms with Gasteiger partial charge in [0.15, 0.2) is 5.78 Å². The first-order chi connectivity index (χ1) is 9.88. The van der Waals surface area contributed by atoms with Crippen molar-refractivity contribution in [2.45, 2.75) is 33.6 Å². The molecule has 0 aromatic heterocycles. The molecule has 0 aliphatic carbocycles. The van der Waals surface area contributed by atoms with E-state index in [1.54, 1.807) is 0 Å². The molecule has 21 heavy (non-hydrogen) atoms. The lowest BCUT2D eigenvalue weighted by Crippen LogP contribution is -2.24. The Bertz CT molecular complexity index is 709. The maximum Gasteiger partial charge on any atom is 0.168 e. The predicted molar refractivity (Wildman–Crippen MR) is 89.3 cm³/mol. The van der Waals surface area contributed by atoms with E-state index < -0.39 is 0 Å². The van der Waals surface area contributed by atoms with Gasteiger partial charge in [-0.15, -0.1) is 0 Å². The molecule has 0 unspecified atom stereocenters. The number of nitrogens with zero attached hydrogens (tertiary/aromatic N) is 1. The van der Waals surface area contributed by atoms with Gasteiger partial charge >= 0.3 is 0 Å². The second-order valence-electron chi connectivity index (χ2n) is 7.10. The van der Waals surface area contributed by atoms with Gasteiger partial charge in [-0.3, -0.25) is 4.79 Å². The molecule has 3 rings (SSSR count). The van der Waals surface area contributed by atoms with Gasteiger partial charge in [-0.05, 0) is 41.3 Å². The summed E-state index contributed by atoms with van der Waals surface area (Å²) in [5.74, 6) is 0.208. The Morgan fingerprint density at radius 2 is 1.90 bits per heavy atom. The molecule has 0 N–H and O–H groups in total. The molecule has 2 nitrogen and oxygen atoms in total. The van der Waals surface area contributed by atoms with Gasteiger partial charge in [-0.2, -0.15) is 0 Å². The number of carbonyl (C=O) groups is 1. The Kier molecular flexibility index (Phi) is 3.27. The van der Waals surface area contributed by atoms with Crippen LogP contribution in [0.5, 0.6) is 0 Å². The monoisotopic (exact) mass is 281 g/mol. The first kappa shape index (κ1) is 14.1. The molecule has 0 saturated carbocycles. The molecule has 2 aromatic rings. The molecular weight excluding hydrogens is 258 g/mol. The van der Waals surface area contributed by atoms with E-state index in [1.807, 2.05) is 26.8 Å². The summed E-state index contributed by atoms with van der Waals surface area (Å²) in [6, 6.07) is 10.5. The number of benzene rings is 2. The number of ketones is 1. The fourth-order valence-electron chi connectivity index (χ4n) is 3.19. The largest absolute Gasteiger partial charge is 0.374 e. The Hall–Kier alpha value is -1.83. The fraction of sp³-hybridized carbons (Fsp3) is 0.421. The average Bonchev–Trinajstić information content (AvgIpc) is 2.45. The van der Waals surface area contributed by atoms with Gasteiger partial charge < -0.3 is 4.90 Å². The summed E-state index contributed by atoms with van der Waals surface area (Å²) in [5, 5.41) is 2.48. The third-order valence-corrected chi connectivity index (χ3v) is 4.38. The summed E-state index contributed by atoms with van der Waals surface area (Å²) in [5.41, 5.74) is 3.25. The van der Waals surface area contributed by atoms with Crippen molar-refractivity contribution < 1.29 is 4.79 Å². The number of rotatable bonds is 1. The topological polar surface area (TPSA) is 20.3 Å². The summed E-state index contributed by atoms with van der Waals surface area (Å²) in [6.45, 7) is 7.04. The van der Waals surface area contributed by atoms with Crippen molar-refractivity contribution in [3.8, 4) is 0 Å². The number of aryl methyl sites for hydroxylation is 1. The molecule has 0 saturated heterocycles. The van der Waals surface area contributed by atoms with Crippen molar-refractivity contribution in [1.29, 1.82) is 0 Å². The van der Waals surface area contributed by atoms with Crippen LogP contribution in [-0.4, -0.2) is 19.4 Å². The lowest BCUT2D eigenvalue weighted by molar-refractivity contribution is 0.0858. The molecule has 0 atom stereocenters.